The highest BCUT2D eigenvalue weighted by atomic mass is 16.5. The van der Waals surface area contributed by atoms with Crippen molar-refractivity contribution in [3.05, 3.63) is 29.8 Å². The van der Waals surface area contributed by atoms with Crippen LogP contribution in [0.1, 0.15) is 24.4 Å². The van der Waals surface area contributed by atoms with Crippen molar-refractivity contribution in [3.8, 4) is 5.75 Å². The molecule has 1 aromatic rings. The molecular formula is C14H22N2O. The summed E-state index contributed by atoms with van der Waals surface area (Å²) in [6.07, 6.45) is 2.68. The molecule has 1 saturated heterocycles. The van der Waals surface area contributed by atoms with Crippen LogP contribution in [0.4, 0.5) is 0 Å². The van der Waals surface area contributed by atoms with E-state index in [1.807, 2.05) is 13.1 Å². The van der Waals surface area contributed by atoms with Gasteiger partial charge in [-0.1, -0.05) is 12.1 Å². The van der Waals surface area contributed by atoms with Gasteiger partial charge in [0.15, 0.2) is 0 Å². The van der Waals surface area contributed by atoms with Crippen molar-refractivity contribution < 1.29 is 4.74 Å². The van der Waals surface area contributed by atoms with Gasteiger partial charge in [-0.2, -0.15) is 0 Å². The topological polar surface area (TPSA) is 24.5 Å². The highest BCUT2D eigenvalue weighted by Crippen LogP contribution is 2.21. The lowest BCUT2D eigenvalue weighted by atomic mass is 10.1. The summed E-state index contributed by atoms with van der Waals surface area (Å²) in [5.41, 5.74) is 1.30. The number of likely N-dealkylation sites (N-methyl/N-ethyl adjacent to an activating group) is 1. The second-order valence-corrected chi connectivity index (χ2v) is 4.63. The Kier molecular flexibility index (Phi) is 4.40. The molecule has 0 radical (unpaired) electrons. The SMILES string of the molecule is CN[C@H](CN1CCCC1)c1cccc(OC)c1. The lowest BCUT2D eigenvalue weighted by Gasteiger charge is -2.23. The number of nitrogens with zero attached hydrogens (tertiary/aromatic N) is 1. The van der Waals surface area contributed by atoms with Gasteiger partial charge in [0.05, 0.1) is 7.11 Å². The molecule has 17 heavy (non-hydrogen) atoms. The molecule has 1 aromatic carbocycles. The zero-order chi connectivity index (χ0) is 12.1. The predicted molar refractivity (Wildman–Crippen MR) is 70.5 cm³/mol. The molecule has 3 heteroatoms. The first-order chi connectivity index (χ1) is 8.33. The van der Waals surface area contributed by atoms with Crippen LogP contribution in [0.5, 0.6) is 5.75 Å². The third kappa shape index (κ3) is 3.20. The average molecular weight is 234 g/mol. The Morgan fingerprint density at radius 1 is 1.35 bits per heavy atom. The van der Waals surface area contributed by atoms with Crippen LogP contribution in [0.3, 0.4) is 0 Å². The van der Waals surface area contributed by atoms with Gasteiger partial charge in [-0.15, -0.1) is 0 Å². The summed E-state index contributed by atoms with van der Waals surface area (Å²) in [6.45, 7) is 3.56. The van der Waals surface area contributed by atoms with E-state index in [-0.39, 0.29) is 0 Å². The molecule has 2 rings (SSSR count). The summed E-state index contributed by atoms with van der Waals surface area (Å²) >= 11 is 0. The van der Waals surface area contributed by atoms with Gasteiger partial charge in [0.25, 0.3) is 0 Å². The molecule has 0 aliphatic carbocycles. The van der Waals surface area contributed by atoms with Gasteiger partial charge in [-0.05, 0) is 50.7 Å². The minimum Gasteiger partial charge on any atom is -0.497 e. The maximum atomic E-state index is 5.28. The van der Waals surface area contributed by atoms with E-state index < -0.39 is 0 Å². The summed E-state index contributed by atoms with van der Waals surface area (Å²) in [5, 5.41) is 3.40. The van der Waals surface area contributed by atoms with E-state index in [2.05, 4.69) is 28.4 Å². The lowest BCUT2D eigenvalue weighted by molar-refractivity contribution is 0.299. The van der Waals surface area contributed by atoms with Crippen LogP contribution in [-0.2, 0) is 0 Å². The zero-order valence-corrected chi connectivity index (χ0v) is 10.8. The quantitative estimate of drug-likeness (QED) is 0.844. The molecule has 1 aliphatic heterocycles. The fourth-order valence-electron chi connectivity index (χ4n) is 2.45. The van der Waals surface area contributed by atoms with Gasteiger partial charge in [-0.25, -0.2) is 0 Å². The molecule has 0 unspecified atom stereocenters. The Bertz CT molecular complexity index is 348. The Balaban J connectivity index is 2.04. The standard InChI is InChI=1S/C14H22N2O/c1-15-14(11-16-8-3-4-9-16)12-6-5-7-13(10-12)17-2/h5-7,10,14-15H,3-4,8-9,11H2,1-2H3/t14-/m1/s1. The van der Waals surface area contributed by atoms with E-state index in [0.29, 0.717) is 6.04 Å². The van der Waals surface area contributed by atoms with Gasteiger partial charge < -0.3 is 15.0 Å². The van der Waals surface area contributed by atoms with Crippen molar-refractivity contribution in [2.24, 2.45) is 0 Å². The third-order valence-electron chi connectivity index (χ3n) is 3.48. The smallest absolute Gasteiger partial charge is 0.119 e. The molecule has 1 aliphatic rings. The van der Waals surface area contributed by atoms with Crippen LogP contribution in [0.2, 0.25) is 0 Å². The van der Waals surface area contributed by atoms with Gasteiger partial charge in [-0.3, -0.25) is 0 Å². The minimum atomic E-state index is 0.392. The summed E-state index contributed by atoms with van der Waals surface area (Å²) in [5.74, 6) is 0.934. The summed E-state index contributed by atoms with van der Waals surface area (Å²) in [7, 11) is 3.74. The number of hydrogen-bond acceptors (Lipinski definition) is 3. The number of rotatable bonds is 5. The van der Waals surface area contributed by atoms with Crippen molar-refractivity contribution in [2.75, 3.05) is 33.8 Å². The summed E-state index contributed by atoms with van der Waals surface area (Å²) < 4.78 is 5.28. The minimum absolute atomic E-state index is 0.392. The Morgan fingerprint density at radius 2 is 2.12 bits per heavy atom. The van der Waals surface area contributed by atoms with E-state index in [4.69, 9.17) is 4.74 Å². The average Bonchev–Trinajstić information content (AvgIpc) is 2.89. The monoisotopic (exact) mass is 234 g/mol. The Labute approximate surface area is 104 Å². The Morgan fingerprint density at radius 3 is 2.76 bits per heavy atom. The predicted octanol–water partition coefficient (Wildman–Crippen LogP) is 2.05. The first-order valence-corrected chi connectivity index (χ1v) is 6.37. The first-order valence-electron chi connectivity index (χ1n) is 6.37. The summed E-state index contributed by atoms with van der Waals surface area (Å²) in [6, 6.07) is 8.73. The molecule has 0 saturated carbocycles. The molecule has 94 valence electrons. The van der Waals surface area contributed by atoms with Gasteiger partial charge in [0, 0.05) is 12.6 Å². The van der Waals surface area contributed by atoms with Crippen LogP contribution in [-0.4, -0.2) is 38.7 Å². The lowest BCUT2D eigenvalue weighted by Crippen LogP contribution is -2.31. The van der Waals surface area contributed by atoms with E-state index in [9.17, 15) is 0 Å². The van der Waals surface area contributed by atoms with Crippen LogP contribution in [0.25, 0.3) is 0 Å². The van der Waals surface area contributed by atoms with E-state index in [1.165, 1.54) is 31.5 Å². The fraction of sp³-hybridized carbons (Fsp3) is 0.571. The van der Waals surface area contributed by atoms with Crippen molar-refractivity contribution in [3.63, 3.8) is 0 Å². The normalized spacial score (nSPS) is 18.2. The highest BCUT2D eigenvalue weighted by Gasteiger charge is 2.17. The zero-order valence-electron chi connectivity index (χ0n) is 10.8. The highest BCUT2D eigenvalue weighted by molar-refractivity contribution is 5.30. The molecule has 0 aromatic heterocycles. The van der Waals surface area contributed by atoms with Gasteiger partial charge >= 0.3 is 0 Å². The number of methoxy groups -OCH3 is 1. The second-order valence-electron chi connectivity index (χ2n) is 4.63. The molecule has 0 spiro atoms. The van der Waals surface area contributed by atoms with Crippen LogP contribution in [0.15, 0.2) is 24.3 Å². The van der Waals surface area contributed by atoms with Crippen molar-refractivity contribution in [1.29, 1.82) is 0 Å². The maximum absolute atomic E-state index is 5.28. The van der Waals surface area contributed by atoms with E-state index >= 15 is 0 Å². The van der Waals surface area contributed by atoms with E-state index in [0.717, 1.165) is 12.3 Å². The number of hydrogen-bond donors (Lipinski definition) is 1. The Hall–Kier alpha value is -1.06. The molecule has 1 atom stereocenters. The molecule has 0 bridgehead atoms. The fourth-order valence-corrected chi connectivity index (χ4v) is 2.45. The van der Waals surface area contributed by atoms with Crippen LogP contribution < -0.4 is 10.1 Å². The number of nitrogens with one attached hydrogen (secondary N) is 1. The molecule has 0 amide bonds. The molecule has 1 heterocycles. The van der Waals surface area contributed by atoms with Crippen molar-refractivity contribution in [2.45, 2.75) is 18.9 Å². The van der Waals surface area contributed by atoms with Crippen LogP contribution in [0, 0.1) is 0 Å². The maximum Gasteiger partial charge on any atom is 0.119 e. The first kappa shape index (κ1) is 12.4. The van der Waals surface area contributed by atoms with Crippen molar-refractivity contribution >= 4 is 0 Å². The molecule has 1 fully saturated rings. The number of likely N-dealkylation sites (tertiary alicyclic amines) is 1. The van der Waals surface area contributed by atoms with E-state index in [1.54, 1.807) is 7.11 Å². The van der Waals surface area contributed by atoms with Gasteiger partial charge in [0.1, 0.15) is 5.75 Å². The largest absolute Gasteiger partial charge is 0.497 e. The molecular weight excluding hydrogens is 212 g/mol. The van der Waals surface area contributed by atoms with Crippen molar-refractivity contribution in [1.82, 2.24) is 10.2 Å². The second kappa shape index (κ2) is 6.03. The molecule has 1 N–H and O–H groups in total. The third-order valence-corrected chi connectivity index (χ3v) is 3.48. The van der Waals surface area contributed by atoms with Crippen LogP contribution >= 0.6 is 0 Å². The number of benzene rings is 1. The van der Waals surface area contributed by atoms with Gasteiger partial charge in [0.2, 0.25) is 0 Å². The number of ether oxygens (including phenoxy) is 1. The molecule has 3 nitrogen and oxygen atoms in total. The summed E-state index contributed by atoms with van der Waals surface area (Å²) in [4.78, 5) is 2.53.